The Balaban J connectivity index is 1.68. The lowest BCUT2D eigenvalue weighted by Crippen LogP contribution is -2.16. The van der Waals surface area contributed by atoms with Gasteiger partial charge in [0, 0.05) is 35.2 Å². The molecule has 0 amide bonds. The van der Waals surface area contributed by atoms with Gasteiger partial charge in [-0.2, -0.15) is 9.61 Å². The van der Waals surface area contributed by atoms with Crippen LogP contribution in [0.3, 0.4) is 0 Å². The van der Waals surface area contributed by atoms with Crippen molar-refractivity contribution in [1.82, 2.24) is 14.6 Å². The Morgan fingerprint density at radius 3 is 2.06 bits per heavy atom. The number of nitrogens with zero attached hydrogens (tertiary/aromatic N) is 2. The molecule has 0 saturated heterocycles. The third-order valence-electron chi connectivity index (χ3n) is 5.33. The summed E-state index contributed by atoms with van der Waals surface area (Å²) in [6.45, 7) is 0. The van der Waals surface area contributed by atoms with Crippen LogP contribution in [-0.4, -0.2) is 14.6 Å². The molecular formula is C26H20ClN3O. The Bertz CT molecular complexity index is 1390. The maximum absolute atomic E-state index is 13.0. The molecule has 2 heterocycles. The van der Waals surface area contributed by atoms with Crippen molar-refractivity contribution in [3.63, 3.8) is 0 Å². The highest BCUT2D eigenvalue weighted by Gasteiger charge is 2.18. The van der Waals surface area contributed by atoms with Crippen LogP contribution in [0.4, 0.5) is 0 Å². The number of H-pyrrole nitrogens is 1. The van der Waals surface area contributed by atoms with E-state index in [1.807, 2.05) is 60.7 Å². The van der Waals surface area contributed by atoms with E-state index in [-0.39, 0.29) is 5.56 Å². The number of nitrogens with one attached hydrogen (secondary N) is 1. The number of hydrogen-bond donors (Lipinski definition) is 1. The SMILES string of the molecule is O=c1cc(Cc2ccccc2)[nH]c2c(-c3ccc(Cl)cc3)c(Cc3ccccc3)nn12. The van der Waals surface area contributed by atoms with E-state index in [9.17, 15) is 4.79 Å². The fourth-order valence-electron chi connectivity index (χ4n) is 3.88. The molecule has 0 radical (unpaired) electrons. The van der Waals surface area contributed by atoms with Crippen molar-refractivity contribution in [1.29, 1.82) is 0 Å². The largest absolute Gasteiger partial charge is 0.343 e. The van der Waals surface area contributed by atoms with Gasteiger partial charge >= 0.3 is 0 Å². The minimum Gasteiger partial charge on any atom is -0.343 e. The zero-order valence-corrected chi connectivity index (χ0v) is 17.5. The van der Waals surface area contributed by atoms with Gasteiger partial charge in [0.2, 0.25) is 0 Å². The van der Waals surface area contributed by atoms with Gasteiger partial charge in [0.15, 0.2) is 0 Å². The average Bonchev–Trinajstić information content (AvgIpc) is 3.14. The van der Waals surface area contributed by atoms with Crippen LogP contribution in [0.5, 0.6) is 0 Å². The lowest BCUT2D eigenvalue weighted by atomic mass is 10.0. The molecule has 0 aliphatic heterocycles. The standard InChI is InChI=1S/C26H20ClN3O/c27-21-13-11-20(12-14-21)25-23(16-19-9-5-2-6-10-19)29-30-24(31)17-22(28-26(25)30)15-18-7-3-1-4-8-18/h1-14,17,28H,15-16H2. The Hall–Kier alpha value is -3.63. The van der Waals surface area contributed by atoms with E-state index in [0.717, 1.165) is 33.6 Å². The summed E-state index contributed by atoms with van der Waals surface area (Å²) in [7, 11) is 0. The summed E-state index contributed by atoms with van der Waals surface area (Å²) in [5, 5.41) is 5.36. The molecule has 5 heteroatoms. The fourth-order valence-corrected chi connectivity index (χ4v) is 4.01. The van der Waals surface area contributed by atoms with Crippen LogP contribution in [0.2, 0.25) is 5.02 Å². The molecular weight excluding hydrogens is 406 g/mol. The van der Waals surface area contributed by atoms with Crippen molar-refractivity contribution in [2.75, 3.05) is 0 Å². The normalized spacial score (nSPS) is 11.1. The molecule has 2 aromatic heterocycles. The molecule has 0 atom stereocenters. The van der Waals surface area contributed by atoms with Crippen molar-refractivity contribution >= 4 is 17.2 Å². The van der Waals surface area contributed by atoms with Crippen LogP contribution in [0, 0.1) is 0 Å². The smallest absolute Gasteiger partial charge is 0.274 e. The van der Waals surface area contributed by atoms with Gasteiger partial charge in [0.1, 0.15) is 5.65 Å². The second-order valence-electron chi connectivity index (χ2n) is 7.55. The first-order valence-corrected chi connectivity index (χ1v) is 10.5. The van der Waals surface area contributed by atoms with Gasteiger partial charge < -0.3 is 4.98 Å². The Morgan fingerprint density at radius 1 is 0.806 bits per heavy atom. The maximum Gasteiger partial charge on any atom is 0.274 e. The monoisotopic (exact) mass is 425 g/mol. The molecule has 5 rings (SSSR count). The summed E-state index contributed by atoms with van der Waals surface area (Å²) in [5.41, 5.74) is 6.42. The highest BCUT2D eigenvalue weighted by molar-refractivity contribution is 6.30. The molecule has 5 aromatic rings. The van der Waals surface area contributed by atoms with Crippen LogP contribution < -0.4 is 5.56 Å². The highest BCUT2D eigenvalue weighted by atomic mass is 35.5. The van der Waals surface area contributed by atoms with E-state index >= 15 is 0 Å². The van der Waals surface area contributed by atoms with Crippen molar-refractivity contribution in [3.8, 4) is 11.1 Å². The Labute approximate surface area is 184 Å². The van der Waals surface area contributed by atoms with Gasteiger partial charge in [0.05, 0.1) is 5.69 Å². The predicted molar refractivity (Wildman–Crippen MR) is 125 cm³/mol. The van der Waals surface area contributed by atoms with Gasteiger partial charge in [-0.3, -0.25) is 4.79 Å². The number of fused-ring (bicyclic) bond motifs is 1. The van der Waals surface area contributed by atoms with Crippen LogP contribution in [-0.2, 0) is 12.8 Å². The van der Waals surface area contributed by atoms with E-state index in [1.165, 1.54) is 4.52 Å². The number of halogens is 1. The number of benzene rings is 3. The average molecular weight is 426 g/mol. The van der Waals surface area contributed by atoms with Crippen molar-refractivity contribution in [3.05, 3.63) is 129 Å². The van der Waals surface area contributed by atoms with Gasteiger partial charge in [0.25, 0.3) is 5.56 Å². The van der Waals surface area contributed by atoms with Gasteiger partial charge in [-0.05, 0) is 28.8 Å². The molecule has 0 fully saturated rings. The first-order valence-electron chi connectivity index (χ1n) is 10.1. The van der Waals surface area contributed by atoms with Crippen molar-refractivity contribution < 1.29 is 0 Å². The molecule has 0 unspecified atom stereocenters. The number of rotatable bonds is 5. The van der Waals surface area contributed by atoms with E-state index in [4.69, 9.17) is 16.7 Å². The van der Waals surface area contributed by atoms with Gasteiger partial charge in [-0.15, -0.1) is 0 Å². The van der Waals surface area contributed by atoms with Crippen molar-refractivity contribution in [2.24, 2.45) is 0 Å². The Kier molecular flexibility index (Phi) is 5.14. The summed E-state index contributed by atoms with van der Waals surface area (Å²) in [4.78, 5) is 16.4. The molecule has 0 bridgehead atoms. The van der Waals surface area contributed by atoms with Gasteiger partial charge in [-0.1, -0.05) is 84.4 Å². The van der Waals surface area contributed by atoms with Crippen LogP contribution >= 0.6 is 11.6 Å². The van der Waals surface area contributed by atoms with E-state index in [2.05, 4.69) is 29.2 Å². The zero-order valence-electron chi connectivity index (χ0n) is 16.8. The quantitative estimate of drug-likeness (QED) is 0.402. The van der Waals surface area contributed by atoms with E-state index in [0.29, 0.717) is 23.5 Å². The molecule has 152 valence electrons. The first kappa shape index (κ1) is 19.3. The minimum atomic E-state index is -0.144. The Morgan fingerprint density at radius 2 is 1.42 bits per heavy atom. The molecule has 0 aliphatic carbocycles. The highest BCUT2D eigenvalue weighted by Crippen LogP contribution is 2.30. The lowest BCUT2D eigenvalue weighted by Gasteiger charge is -2.06. The lowest BCUT2D eigenvalue weighted by molar-refractivity contribution is 0.853. The maximum atomic E-state index is 13.0. The van der Waals surface area contributed by atoms with Crippen LogP contribution in [0.1, 0.15) is 22.5 Å². The second kappa shape index (κ2) is 8.25. The summed E-state index contributed by atoms with van der Waals surface area (Å²) >= 11 is 6.12. The molecule has 31 heavy (non-hydrogen) atoms. The molecule has 0 aliphatic rings. The molecule has 0 spiro atoms. The number of aromatic amines is 1. The third kappa shape index (κ3) is 4.03. The second-order valence-corrected chi connectivity index (χ2v) is 7.98. The number of hydrogen-bond acceptors (Lipinski definition) is 2. The summed E-state index contributed by atoms with van der Waals surface area (Å²) in [6.07, 6.45) is 1.27. The summed E-state index contributed by atoms with van der Waals surface area (Å²) < 4.78 is 1.47. The van der Waals surface area contributed by atoms with Crippen molar-refractivity contribution in [2.45, 2.75) is 12.8 Å². The topological polar surface area (TPSA) is 50.2 Å². The zero-order chi connectivity index (χ0) is 21.2. The number of aromatic nitrogens is 3. The summed E-state index contributed by atoms with van der Waals surface area (Å²) in [5.74, 6) is 0. The molecule has 3 aromatic carbocycles. The molecule has 1 N–H and O–H groups in total. The van der Waals surface area contributed by atoms with Crippen LogP contribution in [0.25, 0.3) is 16.8 Å². The van der Waals surface area contributed by atoms with E-state index < -0.39 is 0 Å². The van der Waals surface area contributed by atoms with Gasteiger partial charge in [-0.25, -0.2) is 0 Å². The molecule has 4 nitrogen and oxygen atoms in total. The third-order valence-corrected chi connectivity index (χ3v) is 5.58. The minimum absolute atomic E-state index is 0.144. The summed E-state index contributed by atoms with van der Waals surface area (Å²) in [6, 6.07) is 29.5. The van der Waals surface area contributed by atoms with E-state index in [1.54, 1.807) is 6.07 Å². The molecule has 0 saturated carbocycles. The first-order chi connectivity index (χ1) is 15.2. The van der Waals surface area contributed by atoms with Crippen LogP contribution in [0.15, 0.2) is 95.8 Å². The fraction of sp³-hybridized carbons (Fsp3) is 0.0769. The predicted octanol–water partition coefficient (Wildman–Crippen LogP) is 5.52.